The Bertz CT molecular complexity index is 1230. The zero-order chi connectivity index (χ0) is 36.5. The van der Waals surface area contributed by atoms with Gasteiger partial charge in [0.2, 0.25) is 6.33 Å². The minimum atomic E-state index is -5.01. The summed E-state index contributed by atoms with van der Waals surface area (Å²) in [4.78, 5) is 35.8. The van der Waals surface area contributed by atoms with Gasteiger partial charge in [-0.3, -0.25) is 9.59 Å². The summed E-state index contributed by atoms with van der Waals surface area (Å²) in [6.45, 7) is 15.1. The molecule has 0 aliphatic carbocycles. The number of rotatable bonds is 23. The molecule has 0 aliphatic heterocycles. The van der Waals surface area contributed by atoms with Gasteiger partial charge in [0, 0.05) is 0 Å². The van der Waals surface area contributed by atoms with Crippen LogP contribution in [0.15, 0.2) is 42.0 Å². The van der Waals surface area contributed by atoms with E-state index >= 15 is 0 Å². The summed E-state index contributed by atoms with van der Waals surface area (Å²) in [7, 11) is -3.10. The van der Waals surface area contributed by atoms with Gasteiger partial charge in [0.25, 0.3) is 0 Å². The lowest BCUT2D eigenvalue weighted by atomic mass is 10.0. The summed E-state index contributed by atoms with van der Waals surface area (Å²) >= 11 is 0. The zero-order valence-electron chi connectivity index (χ0n) is 30.7. The van der Waals surface area contributed by atoms with Crippen LogP contribution in [-0.4, -0.2) is 60.5 Å². The van der Waals surface area contributed by atoms with Crippen molar-refractivity contribution in [3.8, 4) is 0 Å². The summed E-state index contributed by atoms with van der Waals surface area (Å²) in [6, 6.07) is 0. The number of unbranched alkanes of at least 4 members (excludes halogenated alkanes) is 2. The Morgan fingerprint density at radius 1 is 0.875 bits per heavy atom. The molecule has 48 heavy (non-hydrogen) atoms. The number of allylic oxidation sites excluding steroid dienone is 3. The fourth-order valence-electron chi connectivity index (χ4n) is 4.57. The fraction of sp³-hybridized carbons (Fsp3) is 0.722. The second-order valence-corrected chi connectivity index (χ2v) is 14.2. The quantitative estimate of drug-likeness (QED) is 0.0419. The van der Waals surface area contributed by atoms with Gasteiger partial charge >= 0.3 is 17.9 Å². The smallest absolute Gasteiger partial charge is 0.348 e. The van der Waals surface area contributed by atoms with Crippen LogP contribution in [0.2, 0.25) is 0 Å². The molecular weight excluding hydrogens is 636 g/mol. The number of hydrogen-bond acceptors (Lipinski definition) is 9. The van der Waals surface area contributed by atoms with Crippen LogP contribution < -0.4 is 4.57 Å². The number of esters is 3. The largest absolute Gasteiger partial charge is 0.747 e. The molecule has 0 aliphatic rings. The van der Waals surface area contributed by atoms with Crippen LogP contribution in [0.3, 0.4) is 0 Å². The molecule has 0 radical (unpaired) electrons. The third kappa shape index (κ3) is 22.6. The molecule has 0 N–H and O–H groups in total. The van der Waals surface area contributed by atoms with E-state index in [1.807, 2.05) is 50.3 Å². The van der Waals surface area contributed by atoms with Crippen molar-refractivity contribution >= 4 is 28.0 Å². The molecule has 3 unspecified atom stereocenters. The van der Waals surface area contributed by atoms with Gasteiger partial charge in [-0.15, -0.1) is 0 Å². The molecule has 3 atom stereocenters. The highest BCUT2D eigenvalue weighted by Crippen LogP contribution is 2.17. The molecule has 0 amide bonds. The van der Waals surface area contributed by atoms with Crippen LogP contribution >= 0.6 is 0 Å². The van der Waals surface area contributed by atoms with E-state index in [4.69, 9.17) is 14.2 Å². The van der Waals surface area contributed by atoms with E-state index in [1.165, 1.54) is 11.1 Å². The van der Waals surface area contributed by atoms with Crippen molar-refractivity contribution in [2.75, 3.05) is 19.8 Å². The number of hydrogen-bond donors (Lipinski definition) is 0. The highest BCUT2D eigenvalue weighted by Gasteiger charge is 2.31. The van der Waals surface area contributed by atoms with Crippen molar-refractivity contribution < 1.29 is 46.1 Å². The van der Waals surface area contributed by atoms with E-state index in [-0.39, 0.29) is 37.6 Å². The van der Waals surface area contributed by atoms with Gasteiger partial charge in [-0.25, -0.2) is 22.3 Å². The Hall–Kier alpha value is -2.99. The Morgan fingerprint density at radius 2 is 1.46 bits per heavy atom. The molecule has 1 rings (SSSR count). The maximum atomic E-state index is 12.1. The summed E-state index contributed by atoms with van der Waals surface area (Å²) in [5.74, 6) is -1.96. The second kappa shape index (κ2) is 26.0. The van der Waals surface area contributed by atoms with Crippen LogP contribution in [0.25, 0.3) is 0 Å². The van der Waals surface area contributed by atoms with Crippen LogP contribution in [0, 0.1) is 11.8 Å². The molecule has 1 aromatic rings. The first-order chi connectivity index (χ1) is 22.7. The normalized spacial score (nSPS) is 13.4. The van der Waals surface area contributed by atoms with Gasteiger partial charge in [0.15, 0.2) is 11.8 Å². The Labute approximate surface area is 289 Å². The van der Waals surface area contributed by atoms with Crippen LogP contribution in [0.5, 0.6) is 0 Å². The average molecular weight is 699 g/mol. The van der Waals surface area contributed by atoms with Gasteiger partial charge in [-0.2, -0.15) is 0 Å². The topological polar surface area (TPSA) is 145 Å². The number of imidazole rings is 1. The van der Waals surface area contributed by atoms with Crippen molar-refractivity contribution in [1.82, 2.24) is 4.57 Å². The molecular formula is C36H62N2O9S. The molecule has 0 spiro atoms. The number of carbonyl (C=O) groups is 3. The Kier molecular flexibility index (Phi) is 24.3. The Balaban J connectivity index is 0.000000970. The predicted molar refractivity (Wildman–Crippen MR) is 186 cm³/mol. The summed E-state index contributed by atoms with van der Waals surface area (Å²) in [6.07, 6.45) is 18.4. The number of aryl methyl sites for hydroxylation is 1. The molecule has 0 saturated carbocycles. The van der Waals surface area contributed by atoms with Gasteiger partial charge in [-0.05, 0) is 64.4 Å². The van der Waals surface area contributed by atoms with Gasteiger partial charge in [-0.1, -0.05) is 83.4 Å². The lowest BCUT2D eigenvalue weighted by Gasteiger charge is -2.21. The molecule has 0 aromatic carbocycles. The summed E-state index contributed by atoms with van der Waals surface area (Å²) in [5, 5.41) is -2.06. The number of carbonyl (C=O) groups excluding carboxylic acids is 3. The van der Waals surface area contributed by atoms with E-state index in [0.29, 0.717) is 6.61 Å². The first kappa shape index (κ1) is 45.0. The minimum absolute atomic E-state index is 0.0470. The van der Waals surface area contributed by atoms with E-state index in [2.05, 4.69) is 40.7 Å². The number of nitrogens with zero attached hydrogens (tertiary/aromatic N) is 2. The molecule has 11 nitrogen and oxygen atoms in total. The van der Waals surface area contributed by atoms with Gasteiger partial charge in [0.1, 0.15) is 29.1 Å². The standard InChI is InChI=1S/C20H38O7S.C16H25N2O2/c1-5-9-11-16(7-3)14-26-19(21)13-18(28(23,24)25)20(22)27-15-17(8-4)12-10-6-2;1-14(2)6-5-7-15(3)8-11-20-16(19)12-18-10-9-17(4)13-18/h16-18H,5-15H2,1-4H3,(H,23,24,25);6,8-10,13H,5,7,11-12H2,1-4H3/q;+1/p-1/b;15-8+. The van der Waals surface area contributed by atoms with E-state index in [9.17, 15) is 27.4 Å². The van der Waals surface area contributed by atoms with Gasteiger partial charge in [0.05, 0.1) is 26.7 Å². The van der Waals surface area contributed by atoms with Crippen molar-refractivity contribution in [1.29, 1.82) is 0 Å². The maximum absolute atomic E-state index is 12.1. The number of ether oxygens (including phenoxy) is 3. The third-order valence-electron chi connectivity index (χ3n) is 7.89. The van der Waals surface area contributed by atoms with Crippen molar-refractivity contribution in [2.24, 2.45) is 18.9 Å². The molecule has 12 heteroatoms. The molecule has 1 heterocycles. The van der Waals surface area contributed by atoms with Crippen LogP contribution in [-0.2, 0) is 52.3 Å². The Morgan fingerprint density at radius 3 is 1.94 bits per heavy atom. The van der Waals surface area contributed by atoms with Crippen molar-refractivity contribution in [2.45, 2.75) is 131 Å². The third-order valence-corrected chi connectivity index (χ3v) is 8.95. The summed E-state index contributed by atoms with van der Waals surface area (Å²) < 4.78 is 53.5. The molecule has 0 fully saturated rings. The summed E-state index contributed by atoms with van der Waals surface area (Å²) in [5.41, 5.74) is 2.59. The second-order valence-electron chi connectivity index (χ2n) is 12.6. The SMILES string of the molecule is CC(C)=CCC/C(C)=C/COC(=O)Cn1cc[n+](C)c1.CCCCC(CC)COC(=O)CC(C(=O)OCC(CC)CCCC)S(=O)(=O)[O-]. The predicted octanol–water partition coefficient (Wildman–Crippen LogP) is 6.36. The maximum Gasteiger partial charge on any atom is 0.348 e. The zero-order valence-corrected chi connectivity index (χ0v) is 31.5. The van der Waals surface area contributed by atoms with E-state index < -0.39 is 33.7 Å². The lowest BCUT2D eigenvalue weighted by molar-refractivity contribution is -0.671. The molecule has 0 bridgehead atoms. The molecule has 276 valence electrons. The minimum Gasteiger partial charge on any atom is -0.747 e. The van der Waals surface area contributed by atoms with Crippen LogP contribution in [0.1, 0.15) is 119 Å². The first-order valence-electron chi connectivity index (χ1n) is 17.4. The lowest BCUT2D eigenvalue weighted by Crippen LogP contribution is -2.35. The van der Waals surface area contributed by atoms with E-state index in [1.54, 1.807) is 4.57 Å². The van der Waals surface area contributed by atoms with Crippen LogP contribution in [0.4, 0.5) is 0 Å². The van der Waals surface area contributed by atoms with E-state index in [0.717, 1.165) is 64.2 Å². The average Bonchev–Trinajstić information content (AvgIpc) is 3.43. The number of aromatic nitrogens is 2. The van der Waals surface area contributed by atoms with Crippen molar-refractivity contribution in [3.05, 3.63) is 42.0 Å². The molecule has 0 saturated heterocycles. The first-order valence-corrected chi connectivity index (χ1v) is 18.9. The molecule has 1 aromatic heterocycles. The van der Waals surface area contributed by atoms with Crippen molar-refractivity contribution in [3.63, 3.8) is 0 Å². The fourth-order valence-corrected chi connectivity index (χ4v) is 5.21. The highest BCUT2D eigenvalue weighted by molar-refractivity contribution is 7.87. The monoisotopic (exact) mass is 698 g/mol. The van der Waals surface area contributed by atoms with Gasteiger partial charge < -0.3 is 18.8 Å². The highest BCUT2D eigenvalue weighted by atomic mass is 32.2.